The Labute approximate surface area is 91.1 Å². The van der Waals surface area contributed by atoms with Gasteiger partial charge in [-0.3, -0.25) is 0 Å². The highest BCUT2D eigenvalue weighted by Crippen LogP contribution is 2.51. The van der Waals surface area contributed by atoms with E-state index in [9.17, 15) is 30.6 Å². The standard InChI is InChI=1S/C4H4F6O4S2/c5-2(6,1(11)16(13)14)3(7,8)4(9,10)15-12/h1,11-12H,(H,13,14). The van der Waals surface area contributed by atoms with E-state index in [1.165, 1.54) is 0 Å². The predicted octanol–water partition coefficient (Wildman–Crippen LogP) is 1.60. The lowest BCUT2D eigenvalue weighted by molar-refractivity contribution is -0.294. The summed E-state index contributed by atoms with van der Waals surface area (Å²) in [6, 6.07) is 0. The molecule has 0 saturated carbocycles. The van der Waals surface area contributed by atoms with Gasteiger partial charge in [0.15, 0.2) is 11.1 Å². The first-order chi connectivity index (χ1) is 6.91. The summed E-state index contributed by atoms with van der Waals surface area (Å²) in [6.07, 6.45) is 0. The normalized spacial score (nSPS) is 18.3. The molecule has 2 atom stereocenters. The van der Waals surface area contributed by atoms with Crippen molar-refractivity contribution in [2.75, 3.05) is 0 Å². The number of aliphatic hydroxyl groups excluding tert-OH is 1. The Morgan fingerprint density at radius 2 is 1.50 bits per heavy atom. The first-order valence-corrected chi connectivity index (χ1v) is 5.10. The van der Waals surface area contributed by atoms with Crippen molar-refractivity contribution in [1.82, 2.24) is 0 Å². The summed E-state index contributed by atoms with van der Waals surface area (Å²) in [4.78, 5) is 0. The minimum absolute atomic E-state index is 1.87. The molecule has 0 amide bonds. The smallest absolute Gasteiger partial charge is 0.372 e. The Morgan fingerprint density at radius 1 is 1.12 bits per heavy atom. The Morgan fingerprint density at radius 3 is 1.75 bits per heavy atom. The SMILES string of the molecule is O=S(O)C(O)C(F)(F)C(F)(F)C(F)(F)SO. The molecule has 2 unspecified atom stereocenters. The van der Waals surface area contributed by atoms with Gasteiger partial charge >= 0.3 is 17.1 Å². The molecule has 0 aromatic carbocycles. The number of aliphatic hydroxyl groups is 1. The van der Waals surface area contributed by atoms with Gasteiger partial charge in [0.05, 0.1) is 12.0 Å². The monoisotopic (exact) mass is 294 g/mol. The highest BCUT2D eigenvalue weighted by molar-refractivity contribution is 7.94. The van der Waals surface area contributed by atoms with Crippen molar-refractivity contribution in [3.8, 4) is 0 Å². The highest BCUT2D eigenvalue weighted by Gasteiger charge is 2.76. The van der Waals surface area contributed by atoms with Crippen molar-refractivity contribution >= 4 is 23.1 Å². The molecule has 16 heavy (non-hydrogen) atoms. The maximum Gasteiger partial charge on any atom is 0.387 e. The van der Waals surface area contributed by atoms with Gasteiger partial charge in [0.1, 0.15) is 0 Å². The van der Waals surface area contributed by atoms with Gasteiger partial charge in [-0.05, 0) is 0 Å². The average Bonchev–Trinajstić information content (AvgIpc) is 2.15. The van der Waals surface area contributed by atoms with E-state index in [1.54, 1.807) is 0 Å². The molecular formula is C4H4F6O4S2. The van der Waals surface area contributed by atoms with Crippen LogP contribution in [0.25, 0.3) is 0 Å². The molecule has 0 aromatic rings. The molecule has 0 radical (unpaired) electrons. The molecule has 0 aliphatic carbocycles. The third-order valence-electron chi connectivity index (χ3n) is 1.40. The number of rotatable bonds is 5. The zero-order valence-corrected chi connectivity index (χ0v) is 8.54. The maximum absolute atomic E-state index is 12.6. The first-order valence-electron chi connectivity index (χ1n) is 3.15. The first kappa shape index (κ1) is 16.0. The van der Waals surface area contributed by atoms with E-state index in [0.717, 1.165) is 0 Å². The summed E-state index contributed by atoms with van der Waals surface area (Å²) in [6.45, 7) is 0. The fourth-order valence-corrected chi connectivity index (χ4v) is 1.19. The molecule has 0 saturated heterocycles. The van der Waals surface area contributed by atoms with Crippen molar-refractivity contribution in [2.24, 2.45) is 0 Å². The van der Waals surface area contributed by atoms with Crippen molar-refractivity contribution in [3.63, 3.8) is 0 Å². The van der Waals surface area contributed by atoms with Gasteiger partial charge in [-0.25, -0.2) is 4.21 Å². The van der Waals surface area contributed by atoms with Crippen LogP contribution in [0.4, 0.5) is 26.3 Å². The van der Waals surface area contributed by atoms with Crippen LogP contribution in [0.3, 0.4) is 0 Å². The van der Waals surface area contributed by atoms with Gasteiger partial charge in [0, 0.05) is 0 Å². The molecule has 0 fully saturated rings. The summed E-state index contributed by atoms with van der Waals surface area (Å²) in [5.74, 6) is -12.1. The van der Waals surface area contributed by atoms with Gasteiger partial charge in [-0.1, -0.05) is 0 Å². The maximum atomic E-state index is 12.6. The van der Waals surface area contributed by atoms with Crippen LogP contribution < -0.4 is 0 Å². The number of halogens is 6. The molecule has 0 heterocycles. The molecular weight excluding hydrogens is 290 g/mol. The third kappa shape index (κ3) is 2.45. The van der Waals surface area contributed by atoms with E-state index < -0.39 is 45.7 Å². The molecule has 3 N–H and O–H groups in total. The minimum Gasteiger partial charge on any atom is -0.372 e. The average molecular weight is 294 g/mol. The second-order valence-corrected chi connectivity index (χ2v) is 4.13. The van der Waals surface area contributed by atoms with Gasteiger partial charge < -0.3 is 14.2 Å². The lowest BCUT2D eigenvalue weighted by Gasteiger charge is -2.32. The Hall–Kier alpha value is -0.0400. The summed E-state index contributed by atoms with van der Waals surface area (Å²) in [5.41, 5.74) is -3.92. The molecule has 4 nitrogen and oxygen atoms in total. The zero-order valence-electron chi connectivity index (χ0n) is 6.91. The van der Waals surface area contributed by atoms with Gasteiger partial charge in [0.2, 0.25) is 5.44 Å². The van der Waals surface area contributed by atoms with Crippen LogP contribution in [-0.4, -0.2) is 41.0 Å². The Bertz CT molecular complexity index is 284. The summed E-state index contributed by atoms with van der Waals surface area (Å²) in [5, 5.41) is 2.62. The van der Waals surface area contributed by atoms with E-state index in [1.807, 2.05) is 0 Å². The van der Waals surface area contributed by atoms with Crippen LogP contribution in [-0.2, 0) is 11.1 Å². The second-order valence-electron chi connectivity index (χ2n) is 2.43. The van der Waals surface area contributed by atoms with Crippen molar-refractivity contribution < 1.29 is 44.8 Å². The molecule has 0 aromatic heterocycles. The quantitative estimate of drug-likeness (QED) is 0.408. The summed E-state index contributed by atoms with van der Waals surface area (Å²) in [7, 11) is 0. The van der Waals surface area contributed by atoms with Gasteiger partial charge in [-0.2, -0.15) is 26.3 Å². The zero-order chi connectivity index (χ0) is 13.4. The Balaban J connectivity index is 5.37. The molecule has 98 valence electrons. The van der Waals surface area contributed by atoms with E-state index >= 15 is 0 Å². The van der Waals surface area contributed by atoms with E-state index in [-0.39, 0.29) is 0 Å². The summed E-state index contributed by atoms with van der Waals surface area (Å²) < 4.78 is 100. The van der Waals surface area contributed by atoms with Crippen LogP contribution in [0, 0.1) is 0 Å². The lowest BCUT2D eigenvalue weighted by atomic mass is 10.2. The van der Waals surface area contributed by atoms with Gasteiger partial charge in [-0.15, -0.1) is 0 Å². The van der Waals surface area contributed by atoms with Crippen LogP contribution in [0.1, 0.15) is 0 Å². The predicted molar refractivity (Wildman–Crippen MR) is 41.8 cm³/mol. The van der Waals surface area contributed by atoms with Crippen LogP contribution in [0.5, 0.6) is 0 Å². The fourth-order valence-electron chi connectivity index (χ4n) is 0.533. The Kier molecular flexibility index (Phi) is 4.67. The fraction of sp³-hybridized carbons (Fsp3) is 1.00. The van der Waals surface area contributed by atoms with Crippen molar-refractivity contribution in [1.29, 1.82) is 0 Å². The number of hydrogen-bond donors (Lipinski definition) is 3. The molecule has 0 aliphatic heterocycles. The molecule has 0 spiro atoms. The van der Waals surface area contributed by atoms with Crippen molar-refractivity contribution in [3.05, 3.63) is 0 Å². The highest BCUT2D eigenvalue weighted by atomic mass is 32.2. The van der Waals surface area contributed by atoms with E-state index in [2.05, 4.69) is 0 Å². The summed E-state index contributed by atoms with van der Waals surface area (Å²) >= 11 is -5.73. The molecule has 0 aliphatic rings. The second kappa shape index (κ2) is 4.68. The lowest BCUT2D eigenvalue weighted by Crippen LogP contribution is -2.59. The van der Waals surface area contributed by atoms with E-state index in [4.69, 9.17) is 14.2 Å². The minimum atomic E-state index is -6.21. The van der Waals surface area contributed by atoms with Crippen LogP contribution in [0.15, 0.2) is 0 Å². The molecule has 0 rings (SSSR count). The van der Waals surface area contributed by atoms with Crippen LogP contribution >= 0.6 is 12.0 Å². The van der Waals surface area contributed by atoms with Crippen LogP contribution in [0.2, 0.25) is 0 Å². The number of alkyl halides is 6. The molecule has 0 bridgehead atoms. The van der Waals surface area contributed by atoms with E-state index in [0.29, 0.717) is 0 Å². The molecule has 12 heteroatoms. The van der Waals surface area contributed by atoms with Crippen molar-refractivity contribution in [2.45, 2.75) is 22.5 Å². The number of hydrogen-bond acceptors (Lipinski definition) is 4. The van der Waals surface area contributed by atoms with Gasteiger partial charge in [0.25, 0.3) is 0 Å². The third-order valence-corrected chi connectivity index (χ3v) is 2.56. The largest absolute Gasteiger partial charge is 0.387 e. The topological polar surface area (TPSA) is 77.8 Å².